The monoisotopic (exact) mass is 245 g/mol. The lowest BCUT2D eigenvalue weighted by Gasteiger charge is -1.98. The Morgan fingerprint density at radius 1 is 1.69 bits per heavy atom. The fourth-order valence-corrected chi connectivity index (χ4v) is 1.41. The molecular formula is C9H12BrNO2. The average Bonchev–Trinajstić information content (AvgIpc) is 2.52. The maximum atomic E-state index is 11.4. The SMILES string of the molecule is CCNCCC(=O)c1occc1Br. The first-order chi connectivity index (χ1) is 6.25. The van der Waals surface area contributed by atoms with Gasteiger partial charge in [0.25, 0.3) is 0 Å². The van der Waals surface area contributed by atoms with E-state index < -0.39 is 0 Å². The Labute approximate surface area is 85.6 Å². The van der Waals surface area contributed by atoms with Crippen molar-refractivity contribution in [3.63, 3.8) is 0 Å². The highest BCUT2D eigenvalue weighted by Gasteiger charge is 2.12. The molecule has 1 aromatic heterocycles. The average molecular weight is 246 g/mol. The number of hydrogen-bond donors (Lipinski definition) is 1. The molecule has 72 valence electrons. The van der Waals surface area contributed by atoms with Crippen molar-refractivity contribution in [2.45, 2.75) is 13.3 Å². The maximum Gasteiger partial charge on any atom is 0.200 e. The molecule has 13 heavy (non-hydrogen) atoms. The van der Waals surface area contributed by atoms with Gasteiger partial charge in [-0.15, -0.1) is 0 Å². The Morgan fingerprint density at radius 2 is 2.46 bits per heavy atom. The van der Waals surface area contributed by atoms with Crippen molar-refractivity contribution in [2.24, 2.45) is 0 Å². The molecule has 0 saturated heterocycles. The standard InChI is InChI=1S/C9H12BrNO2/c1-2-11-5-3-8(12)9-7(10)4-6-13-9/h4,6,11H,2-3,5H2,1H3. The van der Waals surface area contributed by atoms with Crippen LogP contribution in [0.15, 0.2) is 21.2 Å². The molecule has 0 aliphatic heterocycles. The summed E-state index contributed by atoms with van der Waals surface area (Å²) in [5.74, 6) is 0.440. The maximum absolute atomic E-state index is 11.4. The molecule has 0 saturated carbocycles. The zero-order valence-electron chi connectivity index (χ0n) is 7.47. The van der Waals surface area contributed by atoms with Gasteiger partial charge in [0.15, 0.2) is 11.5 Å². The van der Waals surface area contributed by atoms with Crippen molar-refractivity contribution < 1.29 is 9.21 Å². The van der Waals surface area contributed by atoms with Gasteiger partial charge in [0.1, 0.15) is 0 Å². The molecule has 0 fully saturated rings. The van der Waals surface area contributed by atoms with E-state index in [1.807, 2.05) is 6.92 Å². The van der Waals surface area contributed by atoms with Gasteiger partial charge in [-0.3, -0.25) is 4.79 Å². The van der Waals surface area contributed by atoms with Crippen molar-refractivity contribution in [3.8, 4) is 0 Å². The van der Waals surface area contributed by atoms with Gasteiger partial charge in [-0.1, -0.05) is 6.92 Å². The van der Waals surface area contributed by atoms with Gasteiger partial charge in [0, 0.05) is 13.0 Å². The van der Waals surface area contributed by atoms with E-state index in [4.69, 9.17) is 4.42 Å². The fraction of sp³-hybridized carbons (Fsp3) is 0.444. The van der Waals surface area contributed by atoms with Crippen LogP contribution in [0, 0.1) is 0 Å². The zero-order chi connectivity index (χ0) is 9.68. The fourth-order valence-electron chi connectivity index (χ4n) is 0.985. The Bertz CT molecular complexity index is 283. The molecule has 1 rings (SSSR count). The van der Waals surface area contributed by atoms with E-state index in [1.54, 1.807) is 6.07 Å². The van der Waals surface area contributed by atoms with Crippen LogP contribution in [0.1, 0.15) is 23.9 Å². The molecule has 0 radical (unpaired) electrons. The molecule has 1 heterocycles. The van der Waals surface area contributed by atoms with Gasteiger partial charge in [0.2, 0.25) is 0 Å². The number of nitrogens with one attached hydrogen (secondary N) is 1. The van der Waals surface area contributed by atoms with Crippen LogP contribution in [-0.2, 0) is 0 Å². The van der Waals surface area contributed by atoms with E-state index in [9.17, 15) is 4.79 Å². The van der Waals surface area contributed by atoms with E-state index in [0.29, 0.717) is 18.7 Å². The van der Waals surface area contributed by atoms with Crippen molar-refractivity contribution in [1.82, 2.24) is 5.32 Å². The number of ketones is 1. The van der Waals surface area contributed by atoms with E-state index in [1.165, 1.54) is 6.26 Å². The molecule has 0 amide bonds. The van der Waals surface area contributed by atoms with Gasteiger partial charge < -0.3 is 9.73 Å². The van der Waals surface area contributed by atoms with Crippen LogP contribution in [0.25, 0.3) is 0 Å². The molecule has 4 heteroatoms. The summed E-state index contributed by atoms with van der Waals surface area (Å²) in [6.45, 7) is 3.59. The topological polar surface area (TPSA) is 42.2 Å². The summed E-state index contributed by atoms with van der Waals surface area (Å²) in [5.41, 5.74) is 0. The van der Waals surface area contributed by atoms with Gasteiger partial charge in [-0.05, 0) is 28.5 Å². The predicted octanol–water partition coefficient (Wildman–Crippen LogP) is 2.22. The first kappa shape index (κ1) is 10.5. The second-order valence-corrected chi connectivity index (χ2v) is 3.48. The minimum absolute atomic E-state index is 0.0258. The summed E-state index contributed by atoms with van der Waals surface area (Å²) < 4.78 is 5.76. The van der Waals surface area contributed by atoms with Crippen molar-refractivity contribution in [1.29, 1.82) is 0 Å². The van der Waals surface area contributed by atoms with Crippen molar-refractivity contribution >= 4 is 21.7 Å². The number of halogens is 1. The van der Waals surface area contributed by atoms with Crippen LogP contribution in [0.2, 0.25) is 0 Å². The molecule has 0 atom stereocenters. The van der Waals surface area contributed by atoms with E-state index >= 15 is 0 Å². The number of furan rings is 1. The summed E-state index contributed by atoms with van der Waals surface area (Å²) in [6.07, 6.45) is 1.98. The molecule has 1 N–H and O–H groups in total. The van der Waals surface area contributed by atoms with Crippen molar-refractivity contribution in [2.75, 3.05) is 13.1 Å². The Hall–Kier alpha value is -0.610. The third kappa shape index (κ3) is 2.97. The van der Waals surface area contributed by atoms with Crippen LogP contribution in [0.5, 0.6) is 0 Å². The van der Waals surface area contributed by atoms with Gasteiger partial charge in [-0.2, -0.15) is 0 Å². The Morgan fingerprint density at radius 3 is 3.00 bits per heavy atom. The Kier molecular flexibility index (Phi) is 4.18. The smallest absolute Gasteiger partial charge is 0.200 e. The number of Topliss-reactive ketones (excluding diaryl/α,β-unsaturated/α-hetero) is 1. The molecule has 3 nitrogen and oxygen atoms in total. The molecular weight excluding hydrogens is 234 g/mol. The number of carbonyl (C=O) groups excluding carboxylic acids is 1. The van der Waals surface area contributed by atoms with E-state index in [2.05, 4.69) is 21.2 Å². The third-order valence-corrected chi connectivity index (χ3v) is 2.27. The quantitative estimate of drug-likeness (QED) is 0.639. The first-order valence-electron chi connectivity index (χ1n) is 4.22. The zero-order valence-corrected chi connectivity index (χ0v) is 9.06. The highest BCUT2D eigenvalue weighted by molar-refractivity contribution is 9.10. The highest BCUT2D eigenvalue weighted by atomic mass is 79.9. The van der Waals surface area contributed by atoms with Crippen LogP contribution in [-0.4, -0.2) is 18.9 Å². The van der Waals surface area contributed by atoms with Gasteiger partial charge in [-0.25, -0.2) is 0 Å². The minimum atomic E-state index is 0.0258. The number of carbonyl (C=O) groups is 1. The number of rotatable bonds is 5. The first-order valence-corrected chi connectivity index (χ1v) is 5.02. The lowest BCUT2D eigenvalue weighted by atomic mass is 10.2. The predicted molar refractivity (Wildman–Crippen MR) is 53.9 cm³/mol. The lowest BCUT2D eigenvalue weighted by Crippen LogP contribution is -2.17. The molecule has 0 aliphatic carbocycles. The number of hydrogen-bond acceptors (Lipinski definition) is 3. The second-order valence-electron chi connectivity index (χ2n) is 2.62. The summed E-state index contributed by atoms with van der Waals surface area (Å²) in [5, 5.41) is 3.08. The summed E-state index contributed by atoms with van der Waals surface area (Å²) >= 11 is 3.24. The van der Waals surface area contributed by atoms with Crippen LogP contribution in [0.4, 0.5) is 0 Å². The van der Waals surface area contributed by atoms with Crippen molar-refractivity contribution in [3.05, 3.63) is 22.6 Å². The molecule has 0 aliphatic rings. The lowest BCUT2D eigenvalue weighted by molar-refractivity contribution is 0.0955. The molecule has 0 aromatic carbocycles. The third-order valence-electron chi connectivity index (χ3n) is 1.65. The van der Waals surface area contributed by atoms with Crippen LogP contribution < -0.4 is 5.32 Å². The summed E-state index contributed by atoms with van der Waals surface area (Å²) in [7, 11) is 0. The Balaban J connectivity index is 2.45. The van der Waals surface area contributed by atoms with E-state index in [0.717, 1.165) is 11.0 Å². The normalized spacial score (nSPS) is 10.3. The highest BCUT2D eigenvalue weighted by Crippen LogP contribution is 2.18. The van der Waals surface area contributed by atoms with E-state index in [-0.39, 0.29) is 5.78 Å². The van der Waals surface area contributed by atoms with Crippen LogP contribution in [0.3, 0.4) is 0 Å². The minimum Gasteiger partial charge on any atom is -0.460 e. The van der Waals surface area contributed by atoms with Gasteiger partial charge >= 0.3 is 0 Å². The second kappa shape index (κ2) is 5.19. The summed E-state index contributed by atoms with van der Waals surface area (Å²) in [4.78, 5) is 11.4. The molecule has 1 aromatic rings. The van der Waals surface area contributed by atoms with Gasteiger partial charge in [0.05, 0.1) is 10.7 Å². The largest absolute Gasteiger partial charge is 0.460 e. The molecule has 0 bridgehead atoms. The molecule has 0 spiro atoms. The summed E-state index contributed by atoms with van der Waals surface area (Å²) in [6, 6.07) is 1.72. The molecule has 0 unspecified atom stereocenters. The van der Waals surface area contributed by atoms with Crippen LogP contribution >= 0.6 is 15.9 Å².